The third kappa shape index (κ3) is 7.00. The molecule has 0 fully saturated rings. The molecule has 0 amide bonds. The van der Waals surface area contributed by atoms with E-state index in [2.05, 4.69) is 81.2 Å². The number of halogens is 9. The average Bonchev–Trinajstić information content (AvgIpc) is 3.50. The second-order valence-electron chi connectivity index (χ2n) is 8.59. The van der Waals surface area contributed by atoms with E-state index >= 15 is 0 Å². The number of imidazole rings is 2. The van der Waals surface area contributed by atoms with Crippen LogP contribution in [0.4, 0.5) is 0 Å². The maximum absolute atomic E-state index is 6.41. The summed E-state index contributed by atoms with van der Waals surface area (Å²) in [4.78, 5) is 12.8. The zero-order valence-corrected chi connectivity index (χ0v) is 27.8. The second kappa shape index (κ2) is 14.8. The van der Waals surface area contributed by atoms with E-state index < -0.39 is 25.9 Å². The van der Waals surface area contributed by atoms with Crippen LogP contribution in [0, 0.1) is 0 Å². The normalized spacial score (nSPS) is 20.1. The minimum atomic E-state index is -1.77. The van der Waals surface area contributed by atoms with Crippen LogP contribution < -0.4 is 31.3 Å². The molecule has 0 saturated carbocycles. The van der Waals surface area contributed by atoms with E-state index in [9.17, 15) is 0 Å². The lowest BCUT2D eigenvalue weighted by Crippen LogP contribution is -3.07. The predicted molar refractivity (Wildman–Crippen MR) is 171 cm³/mol. The largest absolute Gasteiger partial charge is 0.465 e. The number of rotatable bonds is 2. The maximum Gasteiger partial charge on any atom is 0.465 e. The Hall–Kier alpha value is -0.480. The molecule has 0 N–H and O–H groups in total. The van der Waals surface area contributed by atoms with Crippen LogP contribution in [0.1, 0.15) is 0 Å². The molecule has 7 rings (SSSR count). The van der Waals surface area contributed by atoms with Crippen LogP contribution in [-0.2, 0) is 23.7 Å². The second-order valence-corrected chi connectivity index (χ2v) is 14.5. The molecule has 6 nitrogen and oxygen atoms in total. The van der Waals surface area contributed by atoms with E-state index in [4.69, 9.17) is 114 Å². The number of hydrogen-bond acceptors (Lipinski definition) is 2. The van der Waals surface area contributed by atoms with E-state index in [1.165, 1.54) is 0 Å². The Labute approximate surface area is 277 Å². The Morgan fingerprint density at radius 1 is 0.550 bits per heavy atom. The maximum atomic E-state index is 6.41. The van der Waals surface area contributed by atoms with Crippen LogP contribution in [0.5, 0.6) is 0 Å². The fourth-order valence-electron chi connectivity index (χ4n) is 5.33. The monoisotopic (exact) mass is 724 g/mol. The highest BCUT2D eigenvalue weighted by Gasteiger charge is 2.65. The molecule has 3 aliphatic heterocycles. The third-order valence-corrected chi connectivity index (χ3v) is 6.47. The lowest BCUT2D eigenvalue weighted by molar-refractivity contribution is -0.631. The van der Waals surface area contributed by atoms with E-state index in [0.29, 0.717) is 0 Å². The van der Waals surface area contributed by atoms with Gasteiger partial charge >= 0.3 is 13.0 Å². The van der Waals surface area contributed by atoms with Gasteiger partial charge in [-0.15, -0.1) is 10.9 Å². The Balaban J connectivity index is 0.000000315. The summed E-state index contributed by atoms with van der Waals surface area (Å²) in [6.07, 6.45) is 8.39. The van der Waals surface area contributed by atoms with Gasteiger partial charge in [-0.25, -0.2) is 0 Å². The van der Waals surface area contributed by atoms with Crippen molar-refractivity contribution in [3.63, 3.8) is 0 Å². The smallest absolute Gasteiger partial charge is 0.434 e. The van der Waals surface area contributed by atoms with Crippen molar-refractivity contribution in [3.8, 4) is 0 Å². The molecule has 2 aromatic carbocycles. The molecule has 3 aliphatic rings. The molecule has 4 aromatic rings. The number of benzene rings is 2. The summed E-state index contributed by atoms with van der Waals surface area (Å²) in [5.74, 6) is 0. The molecule has 40 heavy (non-hydrogen) atoms. The van der Waals surface area contributed by atoms with Gasteiger partial charge in [0.25, 0.3) is 0 Å². The van der Waals surface area contributed by atoms with Crippen molar-refractivity contribution in [1.82, 2.24) is 9.13 Å². The molecule has 2 aromatic heterocycles. The quantitative estimate of drug-likeness (QED) is 0.175. The summed E-state index contributed by atoms with van der Waals surface area (Å²) < 4.78 is 6.61. The highest BCUT2D eigenvalue weighted by Crippen LogP contribution is 2.19. The molecule has 216 valence electrons. The van der Waals surface area contributed by atoms with Gasteiger partial charge in [0, 0.05) is 0 Å². The fraction of sp³-hybridized carbons (Fsp3) is 0.217. The highest BCUT2D eigenvalue weighted by atomic mass is 35.6. The summed E-state index contributed by atoms with van der Waals surface area (Å²) in [5, 5.41) is 0. The van der Waals surface area contributed by atoms with Crippen molar-refractivity contribution in [2.45, 2.75) is 12.9 Å². The van der Waals surface area contributed by atoms with Gasteiger partial charge in [-0.3, -0.25) is 9.13 Å². The van der Waals surface area contributed by atoms with E-state index in [1.807, 2.05) is 36.4 Å². The zero-order chi connectivity index (χ0) is 29.7. The SMILES string of the molecule is ClC(Cl)Cl.ClC(Cl)Cl.ClC(Cl)Cl.Cn1cc[n+]2c1[B@-]1(c3ccccc3)OO[B@@-]2(c2ccccc2)c2n(C)cc[n+]21. The number of alkyl halides is 9. The van der Waals surface area contributed by atoms with Crippen molar-refractivity contribution in [3.05, 3.63) is 85.5 Å². The predicted octanol–water partition coefficient (Wildman–Crippen LogP) is 4.38. The minimum Gasteiger partial charge on any atom is -0.434 e. The summed E-state index contributed by atoms with van der Waals surface area (Å²) in [7, 11) is 4.14. The summed E-state index contributed by atoms with van der Waals surface area (Å²) in [6, 6.07) is 20.7. The van der Waals surface area contributed by atoms with Crippen LogP contribution in [0.25, 0.3) is 0 Å². The zero-order valence-electron chi connectivity index (χ0n) is 21.0. The van der Waals surface area contributed by atoms with Crippen molar-refractivity contribution in [2.75, 3.05) is 0 Å². The van der Waals surface area contributed by atoms with Gasteiger partial charge in [0.05, 0.1) is 26.5 Å². The first-order valence-electron chi connectivity index (χ1n) is 11.6. The first kappa shape index (κ1) is 34.0. The van der Waals surface area contributed by atoms with E-state index in [1.54, 1.807) is 0 Å². The van der Waals surface area contributed by atoms with Gasteiger partial charge in [-0.2, -0.15) is 0 Å². The highest BCUT2D eigenvalue weighted by molar-refractivity contribution is 6.98. The molecule has 0 saturated heterocycles. The lowest BCUT2D eigenvalue weighted by Gasteiger charge is -2.55. The molecular formula is C23H23B2Cl9N4O2. The van der Waals surface area contributed by atoms with Crippen molar-refractivity contribution >= 4 is 140 Å². The molecule has 0 unspecified atom stereocenters. The molecule has 0 radical (unpaired) electrons. The Morgan fingerprint density at radius 3 is 1.10 bits per heavy atom. The van der Waals surface area contributed by atoms with Crippen LogP contribution in [0.15, 0.2) is 85.5 Å². The Bertz CT molecular complexity index is 1260. The third-order valence-electron chi connectivity index (χ3n) is 6.47. The molecule has 0 spiro atoms. The molecule has 5 heterocycles. The van der Waals surface area contributed by atoms with Gasteiger partial charge < -0.3 is 18.6 Å². The van der Waals surface area contributed by atoms with Crippen LogP contribution >= 0.6 is 104 Å². The molecular weight excluding hydrogens is 705 g/mol. The van der Waals surface area contributed by atoms with Gasteiger partial charge in [-0.1, -0.05) is 165 Å². The van der Waals surface area contributed by atoms with Crippen LogP contribution in [0.3, 0.4) is 0 Å². The molecule has 2 atom stereocenters. The molecule has 17 heteroatoms. The van der Waals surface area contributed by atoms with Crippen LogP contribution in [-0.4, -0.2) is 35.0 Å². The van der Waals surface area contributed by atoms with Crippen molar-refractivity contribution in [2.24, 2.45) is 14.1 Å². The first-order valence-corrected chi connectivity index (χ1v) is 15.5. The summed E-state index contributed by atoms with van der Waals surface area (Å²) in [5.41, 5.74) is 4.33. The van der Waals surface area contributed by atoms with E-state index in [-0.39, 0.29) is 0 Å². The van der Waals surface area contributed by atoms with Gasteiger partial charge in [0.15, 0.2) is 12.9 Å². The van der Waals surface area contributed by atoms with Gasteiger partial charge in [0.1, 0.15) is 23.8 Å². The Morgan fingerprint density at radius 2 is 0.825 bits per heavy atom. The molecule has 2 bridgehead atoms. The van der Waals surface area contributed by atoms with Gasteiger partial charge in [0.2, 0.25) is 0 Å². The minimum absolute atomic E-state index is 0.750. The van der Waals surface area contributed by atoms with E-state index in [0.717, 1.165) is 22.4 Å². The fourth-order valence-corrected chi connectivity index (χ4v) is 5.33. The standard InChI is InChI=1S/C20H20B2N4O2.3CHCl3/c1-23-13-15-25-19(23)21(17-9-5-3-6-10-17)26-16-14-24(2)20(26)22(25,28-27-21)18-11-7-4-8-12-18;3*2-1(3)4/h3-16H,1-2H3;3*1H/t21-,22-;;;/m0.../s1. The number of hydrogen-bond donors (Lipinski definition) is 0. The average molecular weight is 728 g/mol. The summed E-state index contributed by atoms with van der Waals surface area (Å²) >= 11 is 43.3. The first-order chi connectivity index (χ1) is 18.9. The number of aromatic nitrogens is 4. The summed E-state index contributed by atoms with van der Waals surface area (Å²) in [6.45, 7) is -3.54. The lowest BCUT2D eigenvalue weighted by atomic mass is 9.34. The number of fused-ring (bicyclic) bond motifs is 1. The molecule has 0 aliphatic carbocycles. The topological polar surface area (TPSA) is 36.1 Å². The van der Waals surface area contributed by atoms with Crippen molar-refractivity contribution < 1.29 is 18.6 Å². The van der Waals surface area contributed by atoms with Gasteiger partial charge in [-0.05, 0) is 0 Å². The van der Waals surface area contributed by atoms with Crippen LogP contribution in [0.2, 0.25) is 0 Å². The number of aryl methyl sites for hydroxylation is 2. The number of nitrogens with zero attached hydrogens (tertiary/aromatic N) is 4. The van der Waals surface area contributed by atoms with Crippen molar-refractivity contribution in [1.29, 1.82) is 0 Å². The Kier molecular flexibility index (Phi) is 12.6.